The number of hydrogen-bond acceptors (Lipinski definition) is 4. The predicted octanol–water partition coefficient (Wildman–Crippen LogP) is 3.22. The summed E-state index contributed by atoms with van der Waals surface area (Å²) in [6.45, 7) is 2.26. The fourth-order valence-corrected chi connectivity index (χ4v) is 3.05. The van der Waals surface area contributed by atoms with E-state index in [4.69, 9.17) is 5.11 Å². The van der Waals surface area contributed by atoms with Crippen LogP contribution in [0.5, 0.6) is 0 Å². The first-order valence-corrected chi connectivity index (χ1v) is 7.00. The average molecular weight is 254 g/mol. The zero-order valence-electron chi connectivity index (χ0n) is 9.98. The van der Waals surface area contributed by atoms with E-state index in [9.17, 15) is 4.79 Å². The number of carboxylic acid groups (broad SMARTS) is 1. The number of carboxylic acids is 1. The number of carbonyl (C=O) groups is 1. The third-order valence-electron chi connectivity index (χ3n) is 3.39. The third kappa shape index (κ3) is 3.19. The lowest BCUT2D eigenvalue weighted by atomic mass is 9.97. The molecule has 1 fully saturated rings. The Morgan fingerprint density at radius 1 is 1.47 bits per heavy atom. The molecular formula is C12H18N2O2S. The van der Waals surface area contributed by atoms with Crippen molar-refractivity contribution in [3.8, 4) is 0 Å². The van der Waals surface area contributed by atoms with Gasteiger partial charge in [0, 0.05) is 11.4 Å². The minimum Gasteiger partial charge on any atom is -0.476 e. The first-order valence-electron chi connectivity index (χ1n) is 6.12. The second kappa shape index (κ2) is 5.49. The van der Waals surface area contributed by atoms with E-state index in [2.05, 4.69) is 17.2 Å². The Balaban J connectivity index is 2.00. The Morgan fingerprint density at radius 3 is 2.94 bits per heavy atom. The first kappa shape index (κ1) is 12.4. The van der Waals surface area contributed by atoms with Gasteiger partial charge in [-0.3, -0.25) is 0 Å². The molecule has 0 spiro atoms. The van der Waals surface area contributed by atoms with Crippen LogP contribution in [0.15, 0.2) is 5.38 Å². The predicted molar refractivity (Wildman–Crippen MR) is 68.7 cm³/mol. The van der Waals surface area contributed by atoms with E-state index in [1.165, 1.54) is 37.0 Å². The maximum Gasteiger partial charge on any atom is 0.355 e. The number of aromatic nitrogens is 1. The van der Waals surface area contributed by atoms with E-state index in [0.29, 0.717) is 12.0 Å². The van der Waals surface area contributed by atoms with Crippen LogP contribution in [0.3, 0.4) is 0 Å². The SMILES string of the molecule is CC1CCCCCC1Nc1nc(C(=O)O)cs1. The monoisotopic (exact) mass is 254 g/mol. The molecule has 2 rings (SSSR count). The fraction of sp³-hybridized carbons (Fsp3) is 0.667. The van der Waals surface area contributed by atoms with Crippen LogP contribution in [0.2, 0.25) is 0 Å². The molecule has 1 heterocycles. The highest BCUT2D eigenvalue weighted by molar-refractivity contribution is 7.13. The van der Waals surface area contributed by atoms with Gasteiger partial charge in [-0.1, -0.05) is 26.2 Å². The molecule has 17 heavy (non-hydrogen) atoms. The van der Waals surface area contributed by atoms with Crippen molar-refractivity contribution in [1.29, 1.82) is 0 Å². The summed E-state index contributed by atoms with van der Waals surface area (Å²) in [4.78, 5) is 14.8. The topological polar surface area (TPSA) is 62.2 Å². The number of nitrogens with one attached hydrogen (secondary N) is 1. The molecule has 2 N–H and O–H groups in total. The van der Waals surface area contributed by atoms with Crippen LogP contribution in [0, 0.1) is 5.92 Å². The smallest absolute Gasteiger partial charge is 0.355 e. The zero-order chi connectivity index (χ0) is 12.3. The first-order chi connectivity index (χ1) is 8.16. The Hall–Kier alpha value is -1.10. The number of anilines is 1. The molecule has 0 aromatic carbocycles. The molecule has 1 aromatic rings. The van der Waals surface area contributed by atoms with Crippen molar-refractivity contribution in [2.45, 2.75) is 45.1 Å². The zero-order valence-corrected chi connectivity index (χ0v) is 10.8. The van der Waals surface area contributed by atoms with Crippen molar-refractivity contribution < 1.29 is 9.90 Å². The van der Waals surface area contributed by atoms with Gasteiger partial charge in [0.05, 0.1) is 0 Å². The highest BCUT2D eigenvalue weighted by Gasteiger charge is 2.21. The summed E-state index contributed by atoms with van der Waals surface area (Å²) in [7, 11) is 0. The molecule has 1 aliphatic carbocycles. The summed E-state index contributed by atoms with van der Waals surface area (Å²) < 4.78 is 0. The largest absolute Gasteiger partial charge is 0.476 e. The fourth-order valence-electron chi connectivity index (χ4n) is 2.30. The van der Waals surface area contributed by atoms with Gasteiger partial charge in [0.25, 0.3) is 0 Å². The standard InChI is InChI=1S/C12H18N2O2S/c1-8-5-3-2-4-6-9(8)13-12-14-10(7-17-12)11(15)16/h7-9H,2-6H2,1H3,(H,13,14)(H,15,16). The van der Waals surface area contributed by atoms with Crippen LogP contribution in [0.25, 0.3) is 0 Å². The minimum atomic E-state index is -0.955. The number of rotatable bonds is 3. The molecule has 0 aliphatic heterocycles. The molecule has 2 unspecified atom stereocenters. The van der Waals surface area contributed by atoms with Gasteiger partial charge in [-0.05, 0) is 18.8 Å². The third-order valence-corrected chi connectivity index (χ3v) is 4.17. The van der Waals surface area contributed by atoms with E-state index >= 15 is 0 Å². The molecule has 94 valence electrons. The second-order valence-corrected chi connectivity index (χ2v) is 5.57. The van der Waals surface area contributed by atoms with Crippen LogP contribution >= 0.6 is 11.3 Å². The Labute approximate surface area is 105 Å². The lowest BCUT2D eigenvalue weighted by Crippen LogP contribution is -2.26. The quantitative estimate of drug-likeness (QED) is 0.813. The van der Waals surface area contributed by atoms with Crippen LogP contribution in [-0.2, 0) is 0 Å². The van der Waals surface area contributed by atoms with Gasteiger partial charge in [0.2, 0.25) is 0 Å². The molecule has 2 atom stereocenters. The van der Waals surface area contributed by atoms with Crippen molar-refractivity contribution >= 4 is 22.4 Å². The van der Waals surface area contributed by atoms with Crippen LogP contribution in [0.1, 0.15) is 49.5 Å². The molecule has 0 radical (unpaired) electrons. The highest BCUT2D eigenvalue weighted by Crippen LogP contribution is 2.27. The number of aromatic carboxylic acids is 1. The van der Waals surface area contributed by atoms with Gasteiger partial charge in [-0.25, -0.2) is 9.78 Å². The van der Waals surface area contributed by atoms with Crippen molar-refractivity contribution in [1.82, 2.24) is 4.98 Å². The van der Waals surface area contributed by atoms with Gasteiger partial charge < -0.3 is 10.4 Å². The van der Waals surface area contributed by atoms with Gasteiger partial charge in [0.1, 0.15) is 0 Å². The summed E-state index contributed by atoms with van der Waals surface area (Å²) in [5, 5.41) is 14.5. The normalized spacial score (nSPS) is 25.2. The molecule has 0 amide bonds. The van der Waals surface area contributed by atoms with Gasteiger partial charge in [-0.15, -0.1) is 11.3 Å². The van der Waals surface area contributed by atoms with Crippen LogP contribution < -0.4 is 5.32 Å². The Morgan fingerprint density at radius 2 is 2.24 bits per heavy atom. The molecule has 5 heteroatoms. The number of nitrogens with zero attached hydrogens (tertiary/aromatic N) is 1. The number of hydrogen-bond donors (Lipinski definition) is 2. The van der Waals surface area contributed by atoms with E-state index in [1.807, 2.05) is 0 Å². The maximum atomic E-state index is 10.7. The highest BCUT2D eigenvalue weighted by atomic mass is 32.1. The maximum absolute atomic E-state index is 10.7. The molecule has 1 saturated carbocycles. The summed E-state index contributed by atoms with van der Waals surface area (Å²) in [5.74, 6) is -0.321. The average Bonchev–Trinajstić information content (AvgIpc) is 2.66. The molecule has 0 saturated heterocycles. The molecule has 0 bridgehead atoms. The Kier molecular flexibility index (Phi) is 3.99. The summed E-state index contributed by atoms with van der Waals surface area (Å²) >= 11 is 1.38. The van der Waals surface area contributed by atoms with Gasteiger partial charge in [-0.2, -0.15) is 0 Å². The van der Waals surface area contributed by atoms with E-state index in [1.54, 1.807) is 5.38 Å². The van der Waals surface area contributed by atoms with Crippen LogP contribution in [-0.4, -0.2) is 22.1 Å². The van der Waals surface area contributed by atoms with Gasteiger partial charge in [0.15, 0.2) is 10.8 Å². The molecular weight excluding hydrogens is 236 g/mol. The summed E-state index contributed by atoms with van der Waals surface area (Å²) in [6, 6.07) is 0.435. The number of thiazole rings is 1. The molecule has 4 nitrogen and oxygen atoms in total. The Bertz CT molecular complexity index is 392. The van der Waals surface area contributed by atoms with Crippen molar-refractivity contribution in [3.05, 3.63) is 11.1 Å². The van der Waals surface area contributed by atoms with Crippen molar-refractivity contribution in [2.75, 3.05) is 5.32 Å². The molecule has 1 aliphatic rings. The van der Waals surface area contributed by atoms with Crippen molar-refractivity contribution in [3.63, 3.8) is 0 Å². The van der Waals surface area contributed by atoms with E-state index < -0.39 is 5.97 Å². The van der Waals surface area contributed by atoms with Crippen LogP contribution in [0.4, 0.5) is 5.13 Å². The lowest BCUT2D eigenvalue weighted by Gasteiger charge is -2.22. The summed E-state index contributed by atoms with van der Waals surface area (Å²) in [6.07, 6.45) is 6.26. The van der Waals surface area contributed by atoms with Gasteiger partial charge >= 0.3 is 5.97 Å². The lowest BCUT2D eigenvalue weighted by molar-refractivity contribution is 0.0691. The summed E-state index contributed by atoms with van der Waals surface area (Å²) in [5.41, 5.74) is 0.138. The van der Waals surface area contributed by atoms with E-state index in [-0.39, 0.29) is 5.69 Å². The van der Waals surface area contributed by atoms with Crippen molar-refractivity contribution in [2.24, 2.45) is 5.92 Å². The van der Waals surface area contributed by atoms with E-state index in [0.717, 1.165) is 11.6 Å². The molecule has 1 aromatic heterocycles. The minimum absolute atomic E-state index is 0.138. The second-order valence-electron chi connectivity index (χ2n) is 4.71.